The third-order valence-corrected chi connectivity index (χ3v) is 7.11. The predicted molar refractivity (Wildman–Crippen MR) is 102 cm³/mol. The van der Waals surface area contributed by atoms with Gasteiger partial charge in [0.1, 0.15) is 6.04 Å². The van der Waals surface area contributed by atoms with Crippen molar-refractivity contribution in [2.45, 2.75) is 49.9 Å². The molecule has 3 aliphatic heterocycles. The van der Waals surface area contributed by atoms with Crippen molar-refractivity contribution in [2.75, 3.05) is 29.1 Å². The molecule has 134 valence electrons. The Morgan fingerprint density at radius 1 is 1.24 bits per heavy atom. The van der Waals surface area contributed by atoms with Gasteiger partial charge in [0.15, 0.2) is 0 Å². The van der Waals surface area contributed by atoms with Gasteiger partial charge in [-0.15, -0.1) is 11.8 Å². The van der Waals surface area contributed by atoms with Crippen LogP contribution in [0.25, 0.3) is 0 Å². The molecule has 0 unspecified atom stereocenters. The van der Waals surface area contributed by atoms with E-state index in [1.54, 1.807) is 11.8 Å². The molecule has 1 aromatic carbocycles. The van der Waals surface area contributed by atoms with Crippen LogP contribution in [0.3, 0.4) is 0 Å². The van der Waals surface area contributed by atoms with Crippen LogP contribution in [0.1, 0.15) is 39.0 Å². The zero-order chi connectivity index (χ0) is 17.4. The van der Waals surface area contributed by atoms with Crippen molar-refractivity contribution in [1.29, 1.82) is 0 Å². The number of rotatable bonds is 3. The Bertz CT molecular complexity index is 689. The first kappa shape index (κ1) is 16.8. The van der Waals surface area contributed by atoms with Gasteiger partial charge in [-0.25, -0.2) is 0 Å². The maximum Gasteiger partial charge on any atom is 0.248 e. The van der Waals surface area contributed by atoms with Crippen LogP contribution < -0.4 is 10.2 Å². The maximum atomic E-state index is 12.9. The number of carbonyl (C=O) groups is 2. The van der Waals surface area contributed by atoms with Crippen molar-refractivity contribution in [1.82, 2.24) is 4.90 Å². The van der Waals surface area contributed by atoms with E-state index in [2.05, 4.69) is 23.2 Å². The van der Waals surface area contributed by atoms with Crippen LogP contribution in [0.2, 0.25) is 0 Å². The molecule has 3 heterocycles. The largest absolute Gasteiger partial charge is 0.370 e. The fourth-order valence-corrected chi connectivity index (χ4v) is 5.65. The van der Waals surface area contributed by atoms with Gasteiger partial charge >= 0.3 is 0 Å². The second-order valence-electron chi connectivity index (χ2n) is 7.32. The summed E-state index contributed by atoms with van der Waals surface area (Å²) in [6.45, 7) is 4.15. The number of hydrogen-bond donors (Lipinski definition) is 1. The van der Waals surface area contributed by atoms with Crippen LogP contribution in [0, 0.1) is 0 Å². The molecule has 3 saturated heterocycles. The minimum atomic E-state index is -0.362. The van der Waals surface area contributed by atoms with Crippen LogP contribution in [0.5, 0.6) is 0 Å². The quantitative estimate of drug-likeness (QED) is 0.901. The van der Waals surface area contributed by atoms with Crippen LogP contribution in [0.4, 0.5) is 11.4 Å². The van der Waals surface area contributed by atoms with Gasteiger partial charge in [-0.2, -0.15) is 0 Å². The van der Waals surface area contributed by atoms with Crippen LogP contribution in [-0.4, -0.2) is 46.5 Å². The van der Waals surface area contributed by atoms with Crippen LogP contribution >= 0.6 is 11.8 Å². The number of piperidine rings is 1. The smallest absolute Gasteiger partial charge is 0.248 e. The molecule has 3 fully saturated rings. The summed E-state index contributed by atoms with van der Waals surface area (Å²) in [6, 6.07) is 7.66. The molecule has 0 spiro atoms. The molecule has 3 aliphatic rings. The Labute approximate surface area is 153 Å². The standard InChI is InChI=1S/C19H25N3O2S/c1-19-10-9-17(23)22(19)16(13-25-19)18(24)20-14-7-3-4-8-15(14)21-11-5-2-6-12-21/h3-4,7-8,16H,2,5-6,9-13H2,1H3,(H,20,24)/t16-,19-/m1/s1. The van der Waals surface area contributed by atoms with E-state index >= 15 is 0 Å². The predicted octanol–water partition coefficient (Wildman–Crippen LogP) is 3.07. The molecule has 0 aliphatic carbocycles. The minimum absolute atomic E-state index is 0.0593. The summed E-state index contributed by atoms with van der Waals surface area (Å²) in [5.74, 6) is 0.729. The first-order chi connectivity index (χ1) is 12.1. The first-order valence-electron chi connectivity index (χ1n) is 9.19. The topological polar surface area (TPSA) is 52.7 Å². The highest BCUT2D eigenvalue weighted by Crippen LogP contribution is 2.47. The van der Waals surface area contributed by atoms with Gasteiger partial charge in [-0.05, 0) is 44.7 Å². The lowest BCUT2D eigenvalue weighted by molar-refractivity contribution is -0.135. The number of fused-ring (bicyclic) bond motifs is 1. The van der Waals surface area contributed by atoms with Crippen molar-refractivity contribution in [3.05, 3.63) is 24.3 Å². The number of benzene rings is 1. The van der Waals surface area contributed by atoms with E-state index in [0.717, 1.165) is 30.9 Å². The molecule has 0 saturated carbocycles. The van der Waals surface area contributed by atoms with E-state index in [9.17, 15) is 9.59 Å². The van der Waals surface area contributed by atoms with E-state index in [-0.39, 0.29) is 22.7 Å². The Balaban J connectivity index is 1.53. The Kier molecular flexibility index (Phi) is 4.40. The Hall–Kier alpha value is -1.69. The summed E-state index contributed by atoms with van der Waals surface area (Å²) in [6.07, 6.45) is 5.06. The SMILES string of the molecule is C[C@@]12CCC(=O)N1[C@@H](C(=O)Nc1ccccc1N1CCCCC1)CS2. The number of amides is 2. The third-order valence-electron chi connectivity index (χ3n) is 5.61. The molecule has 0 aromatic heterocycles. The van der Waals surface area contributed by atoms with Gasteiger partial charge in [0.2, 0.25) is 11.8 Å². The molecule has 0 radical (unpaired) electrons. The van der Waals surface area contributed by atoms with E-state index < -0.39 is 0 Å². The molecule has 4 rings (SSSR count). The van der Waals surface area contributed by atoms with Gasteiger partial charge in [0.25, 0.3) is 0 Å². The number of hydrogen-bond acceptors (Lipinski definition) is 4. The van der Waals surface area contributed by atoms with E-state index in [1.165, 1.54) is 19.3 Å². The lowest BCUT2D eigenvalue weighted by atomic mass is 10.1. The number of para-hydroxylation sites is 2. The van der Waals surface area contributed by atoms with Gasteiger partial charge in [-0.3, -0.25) is 9.59 Å². The van der Waals surface area contributed by atoms with Crippen molar-refractivity contribution in [3.63, 3.8) is 0 Å². The molecule has 2 amide bonds. The van der Waals surface area contributed by atoms with E-state index in [4.69, 9.17) is 0 Å². The van der Waals surface area contributed by atoms with E-state index in [0.29, 0.717) is 12.2 Å². The molecule has 0 bridgehead atoms. The Morgan fingerprint density at radius 2 is 2.00 bits per heavy atom. The number of anilines is 2. The minimum Gasteiger partial charge on any atom is -0.370 e. The zero-order valence-corrected chi connectivity index (χ0v) is 15.5. The molecule has 6 heteroatoms. The summed E-state index contributed by atoms with van der Waals surface area (Å²) < 4.78 is 0. The fourth-order valence-electron chi connectivity index (χ4n) is 4.22. The lowest BCUT2D eigenvalue weighted by Crippen LogP contribution is -2.48. The highest BCUT2D eigenvalue weighted by Gasteiger charge is 2.52. The molecule has 5 nitrogen and oxygen atoms in total. The average molecular weight is 359 g/mol. The second-order valence-corrected chi connectivity index (χ2v) is 8.82. The molecular formula is C19H25N3O2S. The summed E-state index contributed by atoms with van der Waals surface area (Å²) in [7, 11) is 0. The summed E-state index contributed by atoms with van der Waals surface area (Å²) in [5.41, 5.74) is 1.95. The van der Waals surface area contributed by atoms with Gasteiger partial charge in [0, 0.05) is 25.3 Å². The molecule has 25 heavy (non-hydrogen) atoms. The first-order valence-corrected chi connectivity index (χ1v) is 10.2. The summed E-state index contributed by atoms with van der Waals surface area (Å²) >= 11 is 1.73. The van der Waals surface area contributed by atoms with Crippen LogP contribution in [0.15, 0.2) is 24.3 Å². The molecule has 2 atom stereocenters. The lowest BCUT2D eigenvalue weighted by Gasteiger charge is -2.32. The van der Waals surface area contributed by atoms with Crippen molar-refractivity contribution in [2.24, 2.45) is 0 Å². The van der Waals surface area contributed by atoms with E-state index in [1.807, 2.05) is 23.1 Å². The summed E-state index contributed by atoms with van der Waals surface area (Å²) in [5, 5.41) is 3.11. The summed E-state index contributed by atoms with van der Waals surface area (Å²) in [4.78, 5) is 29.2. The van der Waals surface area contributed by atoms with Gasteiger partial charge in [0.05, 0.1) is 16.2 Å². The number of nitrogens with one attached hydrogen (secondary N) is 1. The molecule has 1 N–H and O–H groups in total. The average Bonchev–Trinajstić information content (AvgIpc) is 3.12. The van der Waals surface area contributed by atoms with Gasteiger partial charge < -0.3 is 15.1 Å². The maximum absolute atomic E-state index is 12.9. The van der Waals surface area contributed by atoms with Crippen molar-refractivity contribution >= 4 is 35.0 Å². The van der Waals surface area contributed by atoms with Crippen LogP contribution in [-0.2, 0) is 9.59 Å². The molecule has 1 aromatic rings. The van der Waals surface area contributed by atoms with Gasteiger partial charge in [-0.1, -0.05) is 12.1 Å². The number of carbonyl (C=O) groups excluding carboxylic acids is 2. The normalized spacial score (nSPS) is 29.0. The Morgan fingerprint density at radius 3 is 2.80 bits per heavy atom. The fraction of sp³-hybridized carbons (Fsp3) is 0.579. The third kappa shape index (κ3) is 3.01. The second kappa shape index (κ2) is 6.56. The highest BCUT2D eigenvalue weighted by atomic mass is 32.2. The number of thioether (sulfide) groups is 1. The zero-order valence-electron chi connectivity index (χ0n) is 14.7. The molecular weight excluding hydrogens is 334 g/mol. The van der Waals surface area contributed by atoms with Crippen molar-refractivity contribution < 1.29 is 9.59 Å². The highest BCUT2D eigenvalue weighted by molar-refractivity contribution is 8.01. The van der Waals surface area contributed by atoms with Crippen molar-refractivity contribution in [3.8, 4) is 0 Å². The number of nitrogens with zero attached hydrogens (tertiary/aromatic N) is 2. The monoisotopic (exact) mass is 359 g/mol.